The normalized spacial score (nSPS) is 14.3. The van der Waals surface area contributed by atoms with E-state index < -0.39 is 16.6 Å². The van der Waals surface area contributed by atoms with Crippen molar-refractivity contribution in [2.75, 3.05) is 0 Å². The molecule has 0 aromatic carbocycles. The zero-order valence-electron chi connectivity index (χ0n) is 13.5. The Morgan fingerprint density at radius 3 is 2.11 bits per heavy atom. The van der Waals surface area contributed by atoms with Gasteiger partial charge in [-0.1, -0.05) is 39.2 Å². The minimum atomic E-state index is -1.34. The number of rotatable bonds is 11. The zero-order chi connectivity index (χ0) is 14.1. The summed E-state index contributed by atoms with van der Waals surface area (Å²) in [5.74, 6) is 0. The Labute approximate surface area is 121 Å². The Hall–Kier alpha value is 0.788. The highest BCUT2D eigenvalue weighted by Crippen LogP contribution is 2.18. The van der Waals surface area contributed by atoms with Crippen molar-refractivity contribution in [2.45, 2.75) is 77.1 Å². The van der Waals surface area contributed by atoms with Gasteiger partial charge >= 0.3 is 0 Å². The molecule has 0 spiro atoms. The van der Waals surface area contributed by atoms with Gasteiger partial charge in [0.2, 0.25) is 0 Å². The summed E-state index contributed by atoms with van der Waals surface area (Å²) in [6.45, 7) is 14.0. The molecular weight excluding hydrogens is 288 g/mol. The van der Waals surface area contributed by atoms with Crippen LogP contribution in [0.4, 0.5) is 0 Å². The van der Waals surface area contributed by atoms with Crippen LogP contribution >= 0.6 is 0 Å². The summed E-state index contributed by atoms with van der Waals surface area (Å²) in [6, 6.07) is 1.35. The molecule has 0 aromatic heterocycles. The molecule has 0 rings (SSSR count). The third kappa shape index (κ3) is 10.7. The van der Waals surface area contributed by atoms with E-state index in [0.29, 0.717) is 0 Å². The lowest BCUT2D eigenvalue weighted by Crippen LogP contribution is -2.38. The molecule has 0 saturated carbocycles. The van der Waals surface area contributed by atoms with Gasteiger partial charge in [-0.15, -0.1) is 0 Å². The van der Waals surface area contributed by atoms with Crippen LogP contribution in [0.15, 0.2) is 0 Å². The lowest BCUT2D eigenvalue weighted by molar-refractivity contribution is 0.563. The van der Waals surface area contributed by atoms with Crippen molar-refractivity contribution in [2.24, 2.45) is 0 Å². The van der Waals surface area contributed by atoms with Crippen LogP contribution in [0.2, 0.25) is 44.4 Å². The summed E-state index contributed by atoms with van der Waals surface area (Å²) in [5.41, 5.74) is 1.30. The van der Waals surface area contributed by atoms with E-state index in [0.717, 1.165) is 0 Å². The predicted molar refractivity (Wildman–Crippen MR) is 93.8 cm³/mol. The maximum Gasteiger partial charge on any atom is 0.172 e. The van der Waals surface area contributed by atoms with Crippen LogP contribution in [0, 0.1) is 0 Å². The second kappa shape index (κ2) is 9.65. The van der Waals surface area contributed by atoms with Gasteiger partial charge in [-0.2, -0.15) is 0 Å². The zero-order valence-corrected chi connectivity index (χ0v) is 18.3. The Morgan fingerprint density at radius 2 is 1.56 bits per heavy atom. The molecule has 18 heavy (non-hydrogen) atoms. The van der Waals surface area contributed by atoms with Crippen LogP contribution < -0.4 is 0 Å². The van der Waals surface area contributed by atoms with Gasteiger partial charge in [0, 0.05) is 0 Å². The first-order chi connectivity index (χ1) is 8.33. The molecular formula is C12H34O2Si4. The van der Waals surface area contributed by atoms with Crippen molar-refractivity contribution in [1.82, 2.24) is 0 Å². The lowest BCUT2D eigenvalue weighted by Gasteiger charge is -2.27. The molecule has 0 aliphatic rings. The highest BCUT2D eigenvalue weighted by atomic mass is 28.4. The molecule has 0 amide bonds. The highest BCUT2D eigenvalue weighted by molar-refractivity contribution is 6.83. The molecule has 0 aliphatic heterocycles. The number of hydrogen-bond donors (Lipinski definition) is 0. The fraction of sp³-hybridized carbons (Fsp3) is 1.00. The Kier molecular flexibility index (Phi) is 10.1. The molecule has 6 heteroatoms. The smallest absolute Gasteiger partial charge is 0.172 e. The van der Waals surface area contributed by atoms with Gasteiger partial charge in [-0.3, -0.25) is 0 Å². The predicted octanol–water partition coefficient (Wildman–Crippen LogP) is 3.18. The molecule has 2 nitrogen and oxygen atoms in total. The number of unbranched alkanes of at least 4 members (excludes halogenated alkanes) is 3. The lowest BCUT2D eigenvalue weighted by atomic mass is 10.2. The van der Waals surface area contributed by atoms with Gasteiger partial charge in [-0.25, -0.2) is 0 Å². The Bertz CT molecular complexity index is 210. The quantitative estimate of drug-likeness (QED) is 0.430. The second-order valence-electron chi connectivity index (χ2n) is 6.36. The summed E-state index contributed by atoms with van der Waals surface area (Å²) in [5, 5.41) is 0. The van der Waals surface area contributed by atoms with E-state index in [1.807, 2.05) is 0 Å². The van der Waals surface area contributed by atoms with Gasteiger partial charge in [0.15, 0.2) is 16.6 Å². The minimum absolute atomic E-state index is 0.232. The maximum absolute atomic E-state index is 6.34. The molecule has 0 unspecified atom stereocenters. The first kappa shape index (κ1) is 18.8. The van der Waals surface area contributed by atoms with Crippen LogP contribution in [0.5, 0.6) is 0 Å². The van der Waals surface area contributed by atoms with Crippen molar-refractivity contribution < 1.29 is 8.23 Å². The van der Waals surface area contributed by atoms with E-state index in [1.165, 1.54) is 37.4 Å². The van der Waals surface area contributed by atoms with Crippen molar-refractivity contribution in [3.05, 3.63) is 0 Å². The number of hydrogen-bond acceptors (Lipinski definition) is 2. The molecule has 110 valence electrons. The van der Waals surface area contributed by atoms with Crippen LogP contribution in [0.1, 0.15) is 32.6 Å². The van der Waals surface area contributed by atoms with E-state index in [-0.39, 0.29) is 19.5 Å². The average molecular weight is 323 g/mol. The Morgan fingerprint density at radius 1 is 0.889 bits per heavy atom. The van der Waals surface area contributed by atoms with E-state index in [2.05, 4.69) is 39.7 Å². The van der Waals surface area contributed by atoms with E-state index in [9.17, 15) is 0 Å². The fourth-order valence-corrected chi connectivity index (χ4v) is 14.3. The van der Waals surface area contributed by atoms with Crippen molar-refractivity contribution >= 4 is 36.2 Å². The summed E-state index contributed by atoms with van der Waals surface area (Å²) < 4.78 is 12.3. The maximum atomic E-state index is 6.34. The van der Waals surface area contributed by atoms with Gasteiger partial charge in [0.05, 0.1) is 0 Å². The van der Waals surface area contributed by atoms with Crippen molar-refractivity contribution in [1.29, 1.82) is 0 Å². The van der Waals surface area contributed by atoms with Crippen LogP contribution in [-0.4, -0.2) is 36.2 Å². The van der Waals surface area contributed by atoms with Crippen molar-refractivity contribution in [3.63, 3.8) is 0 Å². The second-order valence-corrected chi connectivity index (χ2v) is 19.2. The molecule has 0 aliphatic carbocycles. The Balaban J connectivity index is 3.75. The SMILES string of the molecule is CCCCCC[Si](C)(C)O[SiH2]C[Si](C)(C)O[SiH2]C. The summed E-state index contributed by atoms with van der Waals surface area (Å²) in [7, 11) is -3.23. The molecule has 0 N–H and O–H groups in total. The monoisotopic (exact) mass is 322 g/mol. The third-order valence-electron chi connectivity index (χ3n) is 3.36. The highest BCUT2D eigenvalue weighted by Gasteiger charge is 2.25. The topological polar surface area (TPSA) is 18.5 Å². The molecule has 0 saturated heterocycles. The van der Waals surface area contributed by atoms with Gasteiger partial charge in [0.1, 0.15) is 19.5 Å². The van der Waals surface area contributed by atoms with Crippen LogP contribution in [0.25, 0.3) is 0 Å². The minimum Gasteiger partial charge on any atom is -0.461 e. The standard InChI is InChI=1S/C12H34O2Si4/c1-7-8-9-10-11-17(3,4)14-16-12-18(5,6)13-15-2/h7-12,15-16H2,1-6H3. The van der Waals surface area contributed by atoms with Crippen molar-refractivity contribution in [3.8, 4) is 0 Å². The molecule has 0 bridgehead atoms. The summed E-state index contributed by atoms with van der Waals surface area (Å²) in [4.78, 5) is 0. The molecule has 0 fully saturated rings. The molecule has 0 aromatic rings. The summed E-state index contributed by atoms with van der Waals surface area (Å²) in [6.07, 6.45) is 5.48. The average Bonchev–Trinajstić information content (AvgIpc) is 2.23. The van der Waals surface area contributed by atoms with Gasteiger partial charge in [0.25, 0.3) is 0 Å². The summed E-state index contributed by atoms with van der Waals surface area (Å²) >= 11 is 0. The third-order valence-corrected chi connectivity index (χ3v) is 18.8. The van der Waals surface area contributed by atoms with E-state index in [1.54, 1.807) is 0 Å². The van der Waals surface area contributed by atoms with Gasteiger partial charge in [-0.05, 0) is 37.9 Å². The largest absolute Gasteiger partial charge is 0.461 e. The van der Waals surface area contributed by atoms with Crippen LogP contribution in [-0.2, 0) is 8.23 Å². The first-order valence-corrected chi connectivity index (χ1v) is 17.4. The first-order valence-electron chi connectivity index (χ1n) is 7.61. The van der Waals surface area contributed by atoms with E-state index >= 15 is 0 Å². The van der Waals surface area contributed by atoms with E-state index in [4.69, 9.17) is 8.23 Å². The molecule has 0 radical (unpaired) electrons. The fourth-order valence-electron chi connectivity index (χ4n) is 2.09. The molecule has 0 atom stereocenters. The van der Waals surface area contributed by atoms with Gasteiger partial charge < -0.3 is 8.23 Å². The van der Waals surface area contributed by atoms with Crippen LogP contribution in [0.3, 0.4) is 0 Å². The molecule has 0 heterocycles.